The molecule has 0 unspecified atom stereocenters. The molecule has 1 aromatic rings. The van der Waals surface area contributed by atoms with E-state index in [9.17, 15) is 18.0 Å². The number of benzene rings is 1. The Kier molecular flexibility index (Phi) is 4.58. The van der Waals surface area contributed by atoms with Gasteiger partial charge in [-0.15, -0.1) is 0 Å². The molecule has 4 nitrogen and oxygen atoms in total. The molecule has 1 aliphatic rings. The number of likely N-dealkylation sites (tertiary alicyclic amines) is 1. The predicted octanol–water partition coefficient (Wildman–Crippen LogP) is 0.781. The topological polar surface area (TPSA) is 60.8 Å². The third kappa shape index (κ3) is 3.76. The summed E-state index contributed by atoms with van der Waals surface area (Å²) in [6.45, 7) is 0.154. The fraction of sp³-hybridized carbons (Fsp3) is 0.462. The lowest BCUT2D eigenvalue weighted by Crippen LogP contribution is -2.42. The number of rotatable bonds is 2. The summed E-state index contributed by atoms with van der Waals surface area (Å²) in [5.41, 5.74) is 0.576. The Morgan fingerprint density at radius 3 is 2.10 bits per heavy atom. The summed E-state index contributed by atoms with van der Waals surface area (Å²) < 4.78 is 37.7. The SMILES string of the molecule is O=C(c1ccc(B(O)O)cc1)N1CCC(C(F)(F)F)CC1. The highest BCUT2D eigenvalue weighted by molar-refractivity contribution is 6.58. The van der Waals surface area contributed by atoms with Crippen LogP contribution in [0.2, 0.25) is 0 Å². The third-order valence-electron chi connectivity index (χ3n) is 3.70. The minimum Gasteiger partial charge on any atom is -0.423 e. The van der Waals surface area contributed by atoms with Crippen molar-refractivity contribution in [2.24, 2.45) is 5.92 Å². The first-order chi connectivity index (χ1) is 9.79. The van der Waals surface area contributed by atoms with Gasteiger partial charge in [-0.05, 0) is 30.4 Å². The van der Waals surface area contributed by atoms with Crippen molar-refractivity contribution in [2.75, 3.05) is 13.1 Å². The first-order valence-electron chi connectivity index (χ1n) is 6.61. The van der Waals surface area contributed by atoms with Crippen LogP contribution in [0.1, 0.15) is 23.2 Å². The van der Waals surface area contributed by atoms with Gasteiger partial charge < -0.3 is 14.9 Å². The standard InChI is InChI=1S/C13H15BF3NO3/c15-13(16,17)10-5-7-18(8-6-10)12(19)9-1-3-11(4-2-9)14(20)21/h1-4,10,20-21H,5-8H2. The molecule has 1 heterocycles. The van der Waals surface area contributed by atoms with Crippen LogP contribution in [0.4, 0.5) is 13.2 Å². The van der Waals surface area contributed by atoms with Crippen LogP contribution in [0.15, 0.2) is 24.3 Å². The zero-order valence-electron chi connectivity index (χ0n) is 11.2. The molecule has 1 aromatic carbocycles. The molecule has 1 amide bonds. The van der Waals surface area contributed by atoms with Crippen LogP contribution in [-0.4, -0.2) is 47.2 Å². The van der Waals surface area contributed by atoms with Crippen molar-refractivity contribution < 1.29 is 28.0 Å². The van der Waals surface area contributed by atoms with Crippen molar-refractivity contribution >= 4 is 18.5 Å². The second-order valence-corrected chi connectivity index (χ2v) is 5.10. The van der Waals surface area contributed by atoms with Crippen LogP contribution in [-0.2, 0) is 0 Å². The largest absolute Gasteiger partial charge is 0.488 e. The van der Waals surface area contributed by atoms with Gasteiger partial charge in [0.2, 0.25) is 0 Å². The van der Waals surface area contributed by atoms with Gasteiger partial charge in [0, 0.05) is 18.7 Å². The number of carbonyl (C=O) groups excluding carboxylic acids is 1. The Morgan fingerprint density at radius 2 is 1.67 bits per heavy atom. The monoisotopic (exact) mass is 301 g/mol. The maximum absolute atomic E-state index is 12.6. The van der Waals surface area contributed by atoms with Crippen molar-refractivity contribution in [1.82, 2.24) is 4.90 Å². The van der Waals surface area contributed by atoms with E-state index in [1.54, 1.807) is 0 Å². The molecule has 2 rings (SSSR count). The van der Waals surface area contributed by atoms with Gasteiger partial charge in [-0.2, -0.15) is 13.2 Å². The van der Waals surface area contributed by atoms with Gasteiger partial charge in [0.05, 0.1) is 5.92 Å². The first-order valence-corrected chi connectivity index (χ1v) is 6.61. The molecular formula is C13H15BF3NO3. The zero-order chi connectivity index (χ0) is 15.6. The number of amides is 1. The second-order valence-electron chi connectivity index (χ2n) is 5.10. The van der Waals surface area contributed by atoms with Crippen LogP contribution in [0, 0.1) is 5.92 Å². The molecule has 114 valence electrons. The van der Waals surface area contributed by atoms with Gasteiger partial charge in [-0.3, -0.25) is 4.79 Å². The summed E-state index contributed by atoms with van der Waals surface area (Å²) >= 11 is 0. The Labute approximate surface area is 120 Å². The highest BCUT2D eigenvalue weighted by Gasteiger charge is 2.41. The lowest BCUT2D eigenvalue weighted by molar-refractivity contribution is -0.183. The fourth-order valence-electron chi connectivity index (χ4n) is 2.39. The van der Waals surface area contributed by atoms with Crippen molar-refractivity contribution in [3.63, 3.8) is 0 Å². The lowest BCUT2D eigenvalue weighted by atomic mass is 9.80. The molecule has 0 atom stereocenters. The number of alkyl halides is 3. The minimum absolute atomic E-state index is 0.0768. The average molecular weight is 301 g/mol. The highest BCUT2D eigenvalue weighted by atomic mass is 19.4. The summed E-state index contributed by atoms with van der Waals surface area (Å²) in [6, 6.07) is 5.68. The Bertz CT molecular complexity index is 496. The number of hydrogen-bond acceptors (Lipinski definition) is 3. The molecule has 1 fully saturated rings. The van der Waals surface area contributed by atoms with Crippen molar-refractivity contribution in [1.29, 1.82) is 0 Å². The van der Waals surface area contributed by atoms with E-state index in [1.807, 2.05) is 0 Å². The van der Waals surface area contributed by atoms with Crippen LogP contribution >= 0.6 is 0 Å². The minimum atomic E-state index is -4.20. The molecule has 0 radical (unpaired) electrons. The smallest absolute Gasteiger partial charge is 0.423 e. The fourth-order valence-corrected chi connectivity index (χ4v) is 2.39. The maximum atomic E-state index is 12.6. The average Bonchev–Trinajstić information content (AvgIpc) is 2.46. The van der Waals surface area contributed by atoms with Crippen LogP contribution in [0.3, 0.4) is 0 Å². The summed E-state index contributed by atoms with van der Waals surface area (Å²) in [7, 11) is -1.61. The number of piperidine rings is 1. The Balaban J connectivity index is 1.99. The maximum Gasteiger partial charge on any atom is 0.488 e. The van der Waals surface area contributed by atoms with E-state index in [1.165, 1.54) is 29.2 Å². The van der Waals surface area contributed by atoms with Crippen LogP contribution in [0.25, 0.3) is 0 Å². The molecule has 0 aromatic heterocycles. The predicted molar refractivity (Wildman–Crippen MR) is 71.0 cm³/mol. The molecule has 2 N–H and O–H groups in total. The molecule has 0 spiro atoms. The number of nitrogens with zero attached hydrogens (tertiary/aromatic N) is 1. The van der Waals surface area contributed by atoms with Gasteiger partial charge in [0.1, 0.15) is 0 Å². The number of halogens is 3. The normalized spacial score (nSPS) is 16.9. The molecule has 0 saturated carbocycles. The van der Waals surface area contributed by atoms with Crippen molar-refractivity contribution in [2.45, 2.75) is 19.0 Å². The van der Waals surface area contributed by atoms with E-state index in [0.29, 0.717) is 5.56 Å². The highest BCUT2D eigenvalue weighted by Crippen LogP contribution is 2.34. The molecule has 1 aliphatic heterocycles. The van der Waals surface area contributed by atoms with Crippen molar-refractivity contribution in [3.8, 4) is 0 Å². The van der Waals surface area contributed by atoms with E-state index in [-0.39, 0.29) is 37.3 Å². The van der Waals surface area contributed by atoms with E-state index >= 15 is 0 Å². The lowest BCUT2D eigenvalue weighted by Gasteiger charge is -2.33. The van der Waals surface area contributed by atoms with E-state index in [4.69, 9.17) is 10.0 Å². The van der Waals surface area contributed by atoms with Gasteiger partial charge >= 0.3 is 13.3 Å². The summed E-state index contributed by atoms with van der Waals surface area (Å²) in [5.74, 6) is -1.68. The van der Waals surface area contributed by atoms with Gasteiger partial charge in [-0.25, -0.2) is 0 Å². The van der Waals surface area contributed by atoms with Gasteiger partial charge in [0.15, 0.2) is 0 Å². The summed E-state index contributed by atoms with van der Waals surface area (Å²) in [5, 5.41) is 17.9. The van der Waals surface area contributed by atoms with Gasteiger partial charge in [-0.1, -0.05) is 12.1 Å². The second kappa shape index (κ2) is 6.07. The number of hydrogen-bond donors (Lipinski definition) is 2. The molecule has 0 aliphatic carbocycles. The van der Waals surface area contributed by atoms with Crippen molar-refractivity contribution in [3.05, 3.63) is 29.8 Å². The molecule has 8 heteroatoms. The molecular weight excluding hydrogens is 286 g/mol. The quantitative estimate of drug-likeness (QED) is 0.794. The Hall–Kier alpha value is -1.54. The molecule has 1 saturated heterocycles. The molecule has 0 bridgehead atoms. The summed E-state index contributed by atoms with van der Waals surface area (Å²) in [4.78, 5) is 13.6. The van der Waals surface area contributed by atoms with Gasteiger partial charge in [0.25, 0.3) is 5.91 Å². The summed E-state index contributed by atoms with van der Waals surface area (Å²) in [6.07, 6.45) is -4.36. The van der Waals surface area contributed by atoms with E-state index in [2.05, 4.69) is 0 Å². The first kappa shape index (κ1) is 15.8. The van der Waals surface area contributed by atoms with Crippen LogP contribution < -0.4 is 5.46 Å². The zero-order valence-corrected chi connectivity index (χ0v) is 11.2. The van der Waals surface area contributed by atoms with E-state index < -0.39 is 19.2 Å². The third-order valence-corrected chi connectivity index (χ3v) is 3.70. The Morgan fingerprint density at radius 1 is 1.14 bits per heavy atom. The molecule has 21 heavy (non-hydrogen) atoms. The number of carbonyl (C=O) groups is 1. The van der Waals surface area contributed by atoms with E-state index in [0.717, 1.165) is 0 Å². The van der Waals surface area contributed by atoms with Crippen LogP contribution in [0.5, 0.6) is 0 Å².